The van der Waals surface area contributed by atoms with E-state index < -0.39 is 0 Å². The summed E-state index contributed by atoms with van der Waals surface area (Å²) >= 11 is 0. The molecule has 4 heterocycles. The van der Waals surface area contributed by atoms with Crippen LogP contribution in [0, 0.1) is 11.3 Å². The number of ether oxygens (including phenoxy) is 1. The van der Waals surface area contributed by atoms with E-state index in [0.29, 0.717) is 0 Å². The van der Waals surface area contributed by atoms with Gasteiger partial charge in [0.15, 0.2) is 0 Å². The molecule has 0 radical (unpaired) electrons. The van der Waals surface area contributed by atoms with Gasteiger partial charge in [-0.1, -0.05) is 30.3 Å². The van der Waals surface area contributed by atoms with Crippen molar-refractivity contribution in [3.63, 3.8) is 0 Å². The van der Waals surface area contributed by atoms with Crippen LogP contribution in [0.3, 0.4) is 0 Å². The lowest BCUT2D eigenvalue weighted by Crippen LogP contribution is -2.46. The van der Waals surface area contributed by atoms with Crippen molar-refractivity contribution in [1.29, 1.82) is 5.26 Å². The van der Waals surface area contributed by atoms with Gasteiger partial charge in [0.05, 0.1) is 18.8 Å². The molecule has 1 aromatic heterocycles. The van der Waals surface area contributed by atoms with Gasteiger partial charge in [-0.05, 0) is 24.6 Å². The van der Waals surface area contributed by atoms with E-state index in [4.69, 9.17) is 9.72 Å². The summed E-state index contributed by atoms with van der Waals surface area (Å²) in [5, 5.41) is 10.2. The molecule has 2 aromatic rings. The first-order valence-electron chi connectivity index (χ1n) is 11.7. The Labute approximate surface area is 190 Å². The van der Waals surface area contributed by atoms with E-state index in [-0.39, 0.29) is 0 Å². The number of hydrogen-bond donors (Lipinski definition) is 0. The van der Waals surface area contributed by atoms with E-state index in [0.717, 1.165) is 95.7 Å². The average Bonchev–Trinajstić information content (AvgIpc) is 2.85. The van der Waals surface area contributed by atoms with Crippen molar-refractivity contribution in [2.24, 2.45) is 0 Å². The van der Waals surface area contributed by atoms with Crippen molar-refractivity contribution >= 4 is 11.6 Å². The molecule has 3 aliphatic rings. The fourth-order valence-corrected chi connectivity index (χ4v) is 5.04. The summed E-state index contributed by atoms with van der Waals surface area (Å²) in [6.07, 6.45) is 0.895. The molecule has 7 heteroatoms. The number of aromatic nitrogens is 1. The Bertz CT molecular complexity index is 974. The molecule has 0 bridgehead atoms. The van der Waals surface area contributed by atoms with Gasteiger partial charge in [-0.25, -0.2) is 4.98 Å². The second kappa shape index (κ2) is 9.45. The highest BCUT2D eigenvalue weighted by Crippen LogP contribution is 2.36. The summed E-state index contributed by atoms with van der Waals surface area (Å²) in [4.78, 5) is 14.7. The minimum Gasteiger partial charge on any atom is -0.378 e. The summed E-state index contributed by atoms with van der Waals surface area (Å²) < 4.78 is 5.62. The van der Waals surface area contributed by atoms with Crippen LogP contribution in [0.25, 0.3) is 0 Å². The lowest BCUT2D eigenvalue weighted by Gasteiger charge is -2.38. The van der Waals surface area contributed by atoms with Crippen LogP contribution in [0.1, 0.15) is 22.3 Å². The first kappa shape index (κ1) is 21.2. The number of benzene rings is 1. The number of morpholine rings is 1. The predicted octanol–water partition coefficient (Wildman–Crippen LogP) is 2.10. The third-order valence-electron chi connectivity index (χ3n) is 6.91. The first-order valence-corrected chi connectivity index (χ1v) is 11.7. The number of rotatable bonds is 4. The maximum atomic E-state index is 10.2. The normalized spacial score (nSPS) is 20.1. The van der Waals surface area contributed by atoms with Crippen molar-refractivity contribution < 1.29 is 4.74 Å². The molecule has 0 spiro atoms. The minimum atomic E-state index is 0.730. The van der Waals surface area contributed by atoms with Gasteiger partial charge < -0.3 is 19.4 Å². The molecule has 0 aliphatic carbocycles. The molecule has 7 nitrogen and oxygen atoms in total. The van der Waals surface area contributed by atoms with Gasteiger partial charge in [-0.15, -0.1) is 0 Å². The van der Waals surface area contributed by atoms with Crippen molar-refractivity contribution in [2.45, 2.75) is 19.5 Å². The van der Waals surface area contributed by atoms with E-state index >= 15 is 0 Å². The number of anilines is 2. The molecule has 0 unspecified atom stereocenters. The second-order valence-corrected chi connectivity index (χ2v) is 9.04. The zero-order chi connectivity index (χ0) is 21.9. The Kier molecular flexibility index (Phi) is 6.26. The molecule has 0 N–H and O–H groups in total. The maximum absolute atomic E-state index is 10.2. The molecule has 168 valence electrons. The van der Waals surface area contributed by atoms with Gasteiger partial charge in [0.2, 0.25) is 0 Å². The van der Waals surface area contributed by atoms with Gasteiger partial charge in [0, 0.05) is 64.5 Å². The molecule has 0 amide bonds. The minimum absolute atomic E-state index is 0.730. The fourth-order valence-electron chi connectivity index (χ4n) is 5.04. The highest BCUT2D eigenvalue weighted by Gasteiger charge is 2.31. The molecule has 0 saturated carbocycles. The summed E-state index contributed by atoms with van der Waals surface area (Å²) in [5.74, 6) is 1.95. The third kappa shape index (κ3) is 4.31. The van der Waals surface area contributed by atoms with Gasteiger partial charge >= 0.3 is 0 Å². The zero-order valence-corrected chi connectivity index (χ0v) is 19.0. The Morgan fingerprint density at radius 2 is 1.62 bits per heavy atom. The number of piperazine rings is 1. The SMILES string of the molecule is CN1CCN(c2nc(N3CCOCC3)c3c(c2C#N)CCN(Cc2ccccc2)C3)CC1. The highest BCUT2D eigenvalue weighted by atomic mass is 16.5. The molecular formula is C25H32N6O. The van der Waals surface area contributed by atoms with E-state index in [1.165, 1.54) is 16.7 Å². The lowest BCUT2D eigenvalue weighted by molar-refractivity contribution is 0.122. The molecule has 32 heavy (non-hydrogen) atoms. The summed E-state index contributed by atoms with van der Waals surface area (Å²) in [7, 11) is 2.16. The van der Waals surface area contributed by atoms with Crippen LogP contribution in [0.5, 0.6) is 0 Å². The molecule has 1 aromatic carbocycles. The van der Waals surface area contributed by atoms with Crippen LogP contribution in [-0.2, 0) is 24.2 Å². The number of nitriles is 1. The van der Waals surface area contributed by atoms with Gasteiger partial charge in [0.1, 0.15) is 17.7 Å². The Balaban J connectivity index is 1.51. The Morgan fingerprint density at radius 3 is 2.34 bits per heavy atom. The smallest absolute Gasteiger partial charge is 0.149 e. The van der Waals surface area contributed by atoms with Crippen LogP contribution in [0.15, 0.2) is 30.3 Å². The van der Waals surface area contributed by atoms with Gasteiger partial charge in [-0.3, -0.25) is 4.90 Å². The summed E-state index contributed by atoms with van der Waals surface area (Å²) in [5.41, 5.74) is 4.57. The largest absolute Gasteiger partial charge is 0.378 e. The van der Waals surface area contributed by atoms with Crippen molar-refractivity contribution in [3.8, 4) is 6.07 Å². The van der Waals surface area contributed by atoms with Crippen molar-refractivity contribution in [2.75, 3.05) is 75.9 Å². The average molecular weight is 433 g/mol. The number of fused-ring (bicyclic) bond motifs is 1. The van der Waals surface area contributed by atoms with Gasteiger partial charge in [-0.2, -0.15) is 5.26 Å². The Hall–Kier alpha value is -2.66. The molecule has 5 rings (SSSR count). The van der Waals surface area contributed by atoms with Crippen LogP contribution in [-0.4, -0.2) is 80.9 Å². The highest BCUT2D eigenvalue weighted by molar-refractivity contribution is 5.68. The molecular weight excluding hydrogens is 400 g/mol. The number of nitrogens with zero attached hydrogens (tertiary/aromatic N) is 6. The lowest BCUT2D eigenvalue weighted by atomic mass is 9.94. The fraction of sp³-hybridized carbons (Fsp3) is 0.520. The van der Waals surface area contributed by atoms with E-state index in [9.17, 15) is 5.26 Å². The summed E-state index contributed by atoms with van der Waals surface area (Å²) in [6.45, 7) is 9.72. The quantitative estimate of drug-likeness (QED) is 0.733. The Morgan fingerprint density at radius 1 is 0.906 bits per heavy atom. The zero-order valence-electron chi connectivity index (χ0n) is 19.0. The summed E-state index contributed by atoms with van der Waals surface area (Å²) in [6, 6.07) is 13.2. The molecule has 0 atom stereocenters. The van der Waals surface area contributed by atoms with Crippen LogP contribution in [0.2, 0.25) is 0 Å². The van der Waals surface area contributed by atoms with E-state index in [1.807, 2.05) is 0 Å². The molecule has 3 aliphatic heterocycles. The molecule has 2 saturated heterocycles. The number of pyridine rings is 1. The number of likely N-dealkylation sites (N-methyl/N-ethyl adjacent to an activating group) is 1. The molecule has 2 fully saturated rings. The second-order valence-electron chi connectivity index (χ2n) is 9.04. The van der Waals surface area contributed by atoms with Gasteiger partial charge in [0.25, 0.3) is 0 Å². The van der Waals surface area contributed by atoms with Crippen molar-refractivity contribution in [1.82, 2.24) is 14.8 Å². The van der Waals surface area contributed by atoms with Crippen LogP contribution >= 0.6 is 0 Å². The monoisotopic (exact) mass is 432 g/mol. The van der Waals surface area contributed by atoms with E-state index in [1.54, 1.807) is 0 Å². The van der Waals surface area contributed by atoms with Crippen LogP contribution in [0.4, 0.5) is 11.6 Å². The first-order chi connectivity index (χ1) is 15.7. The van der Waals surface area contributed by atoms with E-state index in [2.05, 4.69) is 63.0 Å². The number of hydrogen-bond acceptors (Lipinski definition) is 7. The maximum Gasteiger partial charge on any atom is 0.149 e. The van der Waals surface area contributed by atoms with Crippen LogP contribution < -0.4 is 9.80 Å². The van der Waals surface area contributed by atoms with Crippen molar-refractivity contribution in [3.05, 3.63) is 52.6 Å². The third-order valence-corrected chi connectivity index (χ3v) is 6.91. The topological polar surface area (TPSA) is 58.9 Å². The standard InChI is InChI=1S/C25H32N6O/c1-28-9-11-30(12-10-28)24-22(17-26)21-7-8-29(18-20-5-3-2-4-6-20)19-23(21)25(27-24)31-13-15-32-16-14-31/h2-6H,7-16,18-19H2,1H3. The predicted molar refractivity (Wildman–Crippen MR) is 126 cm³/mol.